The number of carbonyl (C=O) groups excluding carboxylic acids is 11. The van der Waals surface area contributed by atoms with Crippen LogP contribution in [0.2, 0.25) is 0 Å². The molecule has 90 heavy (non-hydrogen) atoms. The normalized spacial score (nSPS) is 14.9. The Hall–Kier alpha value is -9.21. The Balaban J connectivity index is 3.52. The molecule has 504 valence electrons. The fourth-order valence-corrected chi connectivity index (χ4v) is 8.69. The number of carboxylic acids is 2. The van der Waals surface area contributed by atoms with Gasteiger partial charge >= 0.3 is 11.9 Å². The van der Waals surface area contributed by atoms with Gasteiger partial charge in [0.15, 0.2) is 11.9 Å². The van der Waals surface area contributed by atoms with Gasteiger partial charge in [-0.25, -0.2) is 0 Å². The van der Waals surface area contributed by atoms with Crippen LogP contribution in [0.1, 0.15) is 124 Å². The van der Waals surface area contributed by atoms with Gasteiger partial charge in [0.2, 0.25) is 65.0 Å². The molecule has 12 atom stereocenters. The zero-order valence-electron chi connectivity index (χ0n) is 51.8. The van der Waals surface area contributed by atoms with Crippen molar-refractivity contribution in [3.8, 4) is 0 Å². The van der Waals surface area contributed by atoms with Crippen LogP contribution in [0, 0.1) is 11.8 Å². The number of hydrogen-bond acceptors (Lipinski definition) is 17. The molecule has 0 radical (unpaired) electrons. The van der Waals surface area contributed by atoms with E-state index < -0.39 is 163 Å². The van der Waals surface area contributed by atoms with Crippen molar-refractivity contribution in [1.82, 2.24) is 53.2 Å². The number of benzene rings is 1. The van der Waals surface area contributed by atoms with Crippen molar-refractivity contribution in [2.45, 2.75) is 185 Å². The van der Waals surface area contributed by atoms with Crippen molar-refractivity contribution in [2.24, 2.45) is 56.2 Å². The minimum atomic E-state index is -1.89. The number of hydrogen-bond donors (Lipinski definition) is 19. The van der Waals surface area contributed by atoms with Crippen LogP contribution in [0.25, 0.3) is 0 Å². The predicted molar refractivity (Wildman–Crippen MR) is 328 cm³/mol. The lowest BCUT2D eigenvalue weighted by molar-refractivity contribution is -0.142. The first-order chi connectivity index (χ1) is 42.4. The molecule has 34 nitrogen and oxygen atoms in total. The average Bonchev–Trinajstić information content (AvgIpc) is 3.28. The molecule has 0 saturated carbocycles. The van der Waals surface area contributed by atoms with Crippen molar-refractivity contribution in [1.29, 1.82) is 0 Å². The minimum absolute atomic E-state index is 0.00860. The average molecular weight is 1280 g/mol. The van der Waals surface area contributed by atoms with Gasteiger partial charge in [0.05, 0.1) is 13.0 Å². The number of carboxylic acid groups (broad SMARTS) is 2. The number of guanidine groups is 2. The lowest BCUT2D eigenvalue weighted by Crippen LogP contribution is -2.61. The van der Waals surface area contributed by atoms with Crippen molar-refractivity contribution < 1.29 is 77.6 Å². The van der Waals surface area contributed by atoms with Crippen molar-refractivity contribution >= 4 is 88.8 Å². The standard InChI is InChI=1S/C56H94N18O16/c1-7-29(3)43(45(58)81)73-51(87)38(26-33-16-10-9-11-17-33)71-54(90)44(30(4)8-2)74-52(88)39(27-42(79)80)70-46(82)31(5)65-53(89)40(28-75)72-49(85)36(20-15-25-64-56(61)62)69-48(84)35(19-14-24-63-55(59)60)68-47(83)34(18-12-13-23-57)67-50(86)37(66-32(6)76)21-22-41(77)78/h9-11,16-17,29-31,34-40,43-44,75H,7-8,12-15,18-28,57H2,1-6H3,(H2,58,81)(H,65,89)(H,66,76)(H,67,86)(H,68,83)(H,69,84)(H,70,82)(H,71,90)(H,72,85)(H,73,87)(H,74,88)(H,77,78)(H,79,80)(H4,59,60,63)(H4,61,62,64)/t29-,30-,31-,34-,35-,36-,37-,38-,39-,40-,43-,44-/m0/s1. The number of aliphatic hydroxyl groups excluding tert-OH is 1. The molecule has 0 aliphatic rings. The highest BCUT2D eigenvalue weighted by Gasteiger charge is 2.37. The smallest absolute Gasteiger partial charge is 0.305 e. The van der Waals surface area contributed by atoms with Crippen molar-refractivity contribution in [2.75, 3.05) is 26.2 Å². The topological polar surface area (TPSA) is 584 Å². The molecule has 0 bridgehead atoms. The second-order valence-electron chi connectivity index (χ2n) is 21.6. The summed E-state index contributed by atoms with van der Waals surface area (Å²) >= 11 is 0. The van der Waals surface area contributed by atoms with Gasteiger partial charge in [0.1, 0.15) is 60.4 Å². The van der Waals surface area contributed by atoms with Crippen LogP contribution in [-0.2, 0) is 68.7 Å². The molecule has 0 aliphatic carbocycles. The molecule has 0 fully saturated rings. The molecule has 0 saturated heterocycles. The molecular formula is C56H94N18O16. The van der Waals surface area contributed by atoms with E-state index >= 15 is 0 Å². The van der Waals surface area contributed by atoms with Crippen LogP contribution < -0.4 is 87.6 Å². The monoisotopic (exact) mass is 1270 g/mol. The molecule has 1 aromatic carbocycles. The summed E-state index contributed by atoms with van der Waals surface area (Å²) in [4.78, 5) is 181. The molecule has 1 rings (SSSR count). The Kier molecular flexibility index (Phi) is 36.6. The van der Waals surface area contributed by atoms with Crippen LogP contribution in [0.3, 0.4) is 0 Å². The number of carbonyl (C=O) groups is 13. The molecule has 0 heterocycles. The molecule has 1 aromatic rings. The van der Waals surface area contributed by atoms with Gasteiger partial charge in [-0.05, 0) is 82.2 Å². The van der Waals surface area contributed by atoms with Gasteiger partial charge in [-0.1, -0.05) is 70.9 Å². The Morgan fingerprint density at radius 3 is 1.31 bits per heavy atom. The number of aliphatic imine (C=N–C) groups is 2. The summed E-state index contributed by atoms with van der Waals surface area (Å²) in [6, 6.07) is -6.47. The third-order valence-electron chi connectivity index (χ3n) is 14.2. The van der Waals surface area contributed by atoms with Gasteiger partial charge in [0.25, 0.3) is 0 Å². The van der Waals surface area contributed by atoms with Gasteiger partial charge in [-0.15, -0.1) is 0 Å². The lowest BCUT2D eigenvalue weighted by Gasteiger charge is -2.29. The van der Waals surface area contributed by atoms with Crippen LogP contribution in [0.5, 0.6) is 0 Å². The SMILES string of the molecule is CC[C@H](C)[C@H](NC(=O)[C@H](Cc1ccccc1)NC(=O)[C@@H](NC(=O)[C@H](CC(=O)O)NC(=O)[C@H](C)NC(=O)[C@H](CO)NC(=O)[C@H](CCCN=C(N)N)NC(=O)[C@H](CCCN=C(N)N)NC(=O)[C@H](CCCCN)NC(=O)[C@H](CCC(=O)O)NC(C)=O)[C@@H](C)CC)C(N)=O. The number of aliphatic hydroxyl groups is 1. The summed E-state index contributed by atoms with van der Waals surface area (Å²) in [5, 5.41) is 54.0. The fourth-order valence-electron chi connectivity index (χ4n) is 8.69. The molecule has 11 amide bonds. The maximum Gasteiger partial charge on any atom is 0.305 e. The molecule has 25 N–H and O–H groups in total. The number of aliphatic carboxylic acids is 2. The summed E-state index contributed by atoms with van der Waals surface area (Å²) < 4.78 is 0. The van der Waals surface area contributed by atoms with E-state index in [0.717, 1.165) is 13.8 Å². The second kappa shape index (κ2) is 41.9. The Morgan fingerprint density at radius 2 is 0.878 bits per heavy atom. The van der Waals surface area contributed by atoms with Crippen molar-refractivity contribution in [3.05, 3.63) is 35.9 Å². The predicted octanol–water partition coefficient (Wildman–Crippen LogP) is -5.74. The number of nitrogens with zero attached hydrogens (tertiary/aromatic N) is 2. The first-order valence-electron chi connectivity index (χ1n) is 29.6. The molecule has 0 aromatic heterocycles. The van der Waals surface area contributed by atoms with Gasteiger partial charge in [0, 0.05) is 32.9 Å². The zero-order chi connectivity index (χ0) is 68.2. The van der Waals surface area contributed by atoms with E-state index in [-0.39, 0.29) is 95.3 Å². The third-order valence-corrected chi connectivity index (χ3v) is 14.2. The fraction of sp³-hybridized carbons (Fsp3) is 0.625. The van der Waals surface area contributed by atoms with Crippen LogP contribution in [-0.4, -0.2) is 191 Å². The summed E-state index contributed by atoms with van der Waals surface area (Å²) in [5.74, 6) is -15.0. The van der Waals surface area contributed by atoms with E-state index in [1.165, 1.54) is 0 Å². The maximum absolute atomic E-state index is 14.3. The Bertz CT molecular complexity index is 2640. The largest absolute Gasteiger partial charge is 0.481 e. The lowest BCUT2D eigenvalue weighted by atomic mass is 9.95. The van der Waals surface area contributed by atoms with Gasteiger partial charge < -0.3 is 103 Å². The Labute approximate surface area is 521 Å². The summed E-state index contributed by atoms with van der Waals surface area (Å²) in [6.45, 7) is 7.99. The quantitative estimate of drug-likeness (QED) is 0.0164. The van der Waals surface area contributed by atoms with E-state index in [2.05, 4.69) is 63.2 Å². The highest BCUT2D eigenvalue weighted by molar-refractivity contribution is 5.99. The highest BCUT2D eigenvalue weighted by Crippen LogP contribution is 2.14. The number of rotatable bonds is 44. The van der Waals surface area contributed by atoms with E-state index in [4.69, 9.17) is 34.4 Å². The van der Waals surface area contributed by atoms with Gasteiger partial charge in [-0.3, -0.25) is 72.3 Å². The van der Waals surface area contributed by atoms with Crippen LogP contribution >= 0.6 is 0 Å². The molecule has 34 heteroatoms. The molecule has 0 unspecified atom stereocenters. The molecule has 0 aliphatic heterocycles. The highest BCUT2D eigenvalue weighted by atomic mass is 16.4. The zero-order valence-corrected chi connectivity index (χ0v) is 51.8. The number of nitrogens with two attached hydrogens (primary N) is 6. The first kappa shape index (κ1) is 78.8. The molecular weight excluding hydrogens is 1180 g/mol. The van der Waals surface area contributed by atoms with E-state index in [1.54, 1.807) is 58.0 Å². The number of unbranched alkanes of at least 4 members (excludes halogenated alkanes) is 1. The van der Waals surface area contributed by atoms with E-state index in [0.29, 0.717) is 18.4 Å². The number of primary amides is 1. The van der Waals surface area contributed by atoms with Crippen LogP contribution in [0.4, 0.5) is 0 Å². The maximum atomic E-state index is 14.3. The molecule has 0 spiro atoms. The minimum Gasteiger partial charge on any atom is -0.481 e. The number of nitrogens with one attached hydrogen (secondary N) is 10. The summed E-state index contributed by atoms with van der Waals surface area (Å²) in [7, 11) is 0. The second-order valence-corrected chi connectivity index (χ2v) is 21.6. The Morgan fingerprint density at radius 1 is 0.467 bits per heavy atom. The van der Waals surface area contributed by atoms with Crippen molar-refractivity contribution in [3.63, 3.8) is 0 Å². The summed E-state index contributed by atoms with van der Waals surface area (Å²) in [6.07, 6.45) is -0.949. The number of amides is 11. The summed E-state index contributed by atoms with van der Waals surface area (Å²) in [5.41, 5.74) is 33.8. The first-order valence-corrected chi connectivity index (χ1v) is 29.6. The van der Waals surface area contributed by atoms with Gasteiger partial charge in [-0.2, -0.15) is 0 Å². The van der Waals surface area contributed by atoms with E-state index in [9.17, 15) is 77.6 Å². The third kappa shape index (κ3) is 30.6. The van der Waals surface area contributed by atoms with E-state index in [1.807, 2.05) is 0 Å². The van der Waals surface area contributed by atoms with Crippen LogP contribution in [0.15, 0.2) is 40.3 Å².